The zero-order chi connectivity index (χ0) is 19.1. The van der Waals surface area contributed by atoms with Crippen LogP contribution in [0.3, 0.4) is 0 Å². The second kappa shape index (κ2) is 10.8. The maximum Gasteiger partial charge on any atom is 0.191 e. The second-order valence-electron chi connectivity index (χ2n) is 6.61. The van der Waals surface area contributed by atoms with Gasteiger partial charge in [0.05, 0.1) is 12.6 Å². The number of guanidine groups is 1. The van der Waals surface area contributed by atoms with Crippen molar-refractivity contribution in [2.24, 2.45) is 4.99 Å². The summed E-state index contributed by atoms with van der Waals surface area (Å²) in [6.45, 7) is 5.69. The molecule has 2 N–H and O–H groups in total. The number of nitrogens with one attached hydrogen (secondary N) is 2. The highest BCUT2D eigenvalue weighted by atomic mass is 127. The van der Waals surface area contributed by atoms with Crippen LogP contribution in [0.2, 0.25) is 0 Å². The van der Waals surface area contributed by atoms with Crippen molar-refractivity contribution in [1.29, 1.82) is 0 Å². The molecule has 0 fully saturated rings. The number of imidazole rings is 1. The lowest BCUT2D eigenvalue weighted by Gasteiger charge is -2.20. The van der Waals surface area contributed by atoms with Crippen molar-refractivity contribution in [3.63, 3.8) is 0 Å². The Morgan fingerprint density at radius 2 is 1.82 bits per heavy atom. The van der Waals surface area contributed by atoms with E-state index in [-0.39, 0.29) is 30.0 Å². The van der Waals surface area contributed by atoms with Crippen LogP contribution in [0.15, 0.2) is 72.0 Å². The summed E-state index contributed by atoms with van der Waals surface area (Å²) in [5.74, 6) is 1.74. The minimum Gasteiger partial charge on any atom is -0.350 e. The molecule has 3 rings (SSSR count). The van der Waals surface area contributed by atoms with Gasteiger partial charge in [0.25, 0.3) is 0 Å². The van der Waals surface area contributed by atoms with Crippen LogP contribution in [0.5, 0.6) is 0 Å². The molecule has 0 aliphatic heterocycles. The van der Waals surface area contributed by atoms with Crippen molar-refractivity contribution in [3.8, 4) is 0 Å². The molecule has 0 aliphatic rings. The fourth-order valence-corrected chi connectivity index (χ4v) is 3.14. The van der Waals surface area contributed by atoms with E-state index < -0.39 is 0 Å². The molecule has 5 nitrogen and oxygen atoms in total. The van der Waals surface area contributed by atoms with Gasteiger partial charge in [0, 0.05) is 26.0 Å². The predicted molar refractivity (Wildman–Crippen MR) is 126 cm³/mol. The third kappa shape index (κ3) is 5.82. The molecule has 0 bridgehead atoms. The van der Waals surface area contributed by atoms with Gasteiger partial charge < -0.3 is 15.2 Å². The van der Waals surface area contributed by atoms with Crippen LogP contribution >= 0.6 is 24.0 Å². The fraction of sp³-hybridized carbons (Fsp3) is 0.273. The van der Waals surface area contributed by atoms with Gasteiger partial charge in [0.15, 0.2) is 5.96 Å². The van der Waals surface area contributed by atoms with Gasteiger partial charge in [0.2, 0.25) is 0 Å². The summed E-state index contributed by atoms with van der Waals surface area (Å²) in [5.41, 5.74) is 3.80. The Kier molecular flexibility index (Phi) is 8.50. The number of hydrogen-bond donors (Lipinski definition) is 2. The van der Waals surface area contributed by atoms with E-state index in [2.05, 4.69) is 87.6 Å². The highest BCUT2D eigenvalue weighted by molar-refractivity contribution is 14.0. The van der Waals surface area contributed by atoms with Crippen molar-refractivity contribution in [2.75, 3.05) is 7.05 Å². The Balaban J connectivity index is 0.00000280. The van der Waals surface area contributed by atoms with Gasteiger partial charge in [-0.15, -0.1) is 24.0 Å². The van der Waals surface area contributed by atoms with Crippen molar-refractivity contribution in [2.45, 2.75) is 33.0 Å². The Morgan fingerprint density at radius 3 is 2.54 bits per heavy atom. The van der Waals surface area contributed by atoms with Gasteiger partial charge in [-0.25, -0.2) is 4.98 Å². The van der Waals surface area contributed by atoms with Gasteiger partial charge in [0.1, 0.15) is 5.82 Å². The molecule has 0 aliphatic carbocycles. The minimum atomic E-state index is 0. The normalized spacial score (nSPS) is 12.2. The Labute approximate surface area is 184 Å². The summed E-state index contributed by atoms with van der Waals surface area (Å²) in [6.07, 6.45) is 3.85. The maximum atomic E-state index is 4.49. The first-order valence-electron chi connectivity index (χ1n) is 9.24. The SMILES string of the molecule is CN=C(NCc1nccn1Cc1ccccc1)NC(C)c1ccccc1C.I. The minimum absolute atomic E-state index is 0. The molecule has 3 aromatic rings. The standard InChI is InChI=1S/C22H27N5.HI/c1-17-9-7-8-12-20(17)18(2)26-22(23-3)25-15-21-24-13-14-27(21)16-19-10-5-4-6-11-19;/h4-14,18H,15-16H2,1-3H3,(H2,23,25,26);1H. The van der Waals surface area contributed by atoms with E-state index in [9.17, 15) is 0 Å². The highest BCUT2D eigenvalue weighted by Crippen LogP contribution is 2.16. The van der Waals surface area contributed by atoms with E-state index in [0.717, 1.165) is 18.3 Å². The van der Waals surface area contributed by atoms with Gasteiger partial charge in [-0.2, -0.15) is 0 Å². The van der Waals surface area contributed by atoms with E-state index in [1.165, 1.54) is 16.7 Å². The highest BCUT2D eigenvalue weighted by Gasteiger charge is 2.11. The number of nitrogens with zero attached hydrogens (tertiary/aromatic N) is 3. The van der Waals surface area contributed by atoms with Crippen molar-refractivity contribution in [3.05, 3.63) is 89.5 Å². The van der Waals surface area contributed by atoms with Gasteiger partial charge >= 0.3 is 0 Å². The van der Waals surface area contributed by atoms with Crippen molar-refractivity contribution >= 4 is 29.9 Å². The van der Waals surface area contributed by atoms with Crippen LogP contribution in [0.4, 0.5) is 0 Å². The van der Waals surface area contributed by atoms with Gasteiger partial charge in [-0.3, -0.25) is 4.99 Å². The predicted octanol–water partition coefficient (Wildman–Crippen LogP) is 4.28. The monoisotopic (exact) mass is 489 g/mol. The summed E-state index contributed by atoms with van der Waals surface area (Å²) in [4.78, 5) is 8.84. The Morgan fingerprint density at radius 1 is 1.11 bits per heavy atom. The Bertz CT molecular complexity index is 889. The number of benzene rings is 2. The lowest BCUT2D eigenvalue weighted by atomic mass is 10.0. The quantitative estimate of drug-likeness (QED) is 0.309. The number of hydrogen-bond acceptors (Lipinski definition) is 2. The van der Waals surface area contributed by atoms with Crippen molar-refractivity contribution < 1.29 is 0 Å². The van der Waals surface area contributed by atoms with Gasteiger partial charge in [-0.1, -0.05) is 54.6 Å². The molecular weight excluding hydrogens is 461 g/mol. The Hall–Kier alpha value is -2.35. The average Bonchev–Trinajstić information content (AvgIpc) is 3.13. The molecule has 1 unspecified atom stereocenters. The summed E-state index contributed by atoms with van der Waals surface area (Å²) in [5, 5.41) is 6.83. The summed E-state index contributed by atoms with van der Waals surface area (Å²) < 4.78 is 2.15. The number of aliphatic imine (C=N–C) groups is 1. The van der Waals surface area contributed by atoms with E-state index in [1.54, 1.807) is 7.05 Å². The number of aromatic nitrogens is 2. The number of rotatable bonds is 6. The van der Waals surface area contributed by atoms with Crippen LogP contribution in [0, 0.1) is 6.92 Å². The number of aryl methyl sites for hydroxylation is 1. The first kappa shape index (κ1) is 21.9. The zero-order valence-electron chi connectivity index (χ0n) is 16.6. The first-order valence-corrected chi connectivity index (χ1v) is 9.24. The average molecular weight is 489 g/mol. The molecule has 0 saturated carbocycles. The lowest BCUT2D eigenvalue weighted by molar-refractivity contribution is 0.656. The third-order valence-corrected chi connectivity index (χ3v) is 4.64. The topological polar surface area (TPSA) is 54.2 Å². The van der Waals surface area contributed by atoms with E-state index in [0.29, 0.717) is 6.54 Å². The first-order chi connectivity index (χ1) is 13.2. The maximum absolute atomic E-state index is 4.49. The van der Waals surface area contributed by atoms with E-state index >= 15 is 0 Å². The van der Waals surface area contributed by atoms with Crippen LogP contribution < -0.4 is 10.6 Å². The van der Waals surface area contributed by atoms with Crippen LogP contribution in [-0.2, 0) is 13.1 Å². The second-order valence-corrected chi connectivity index (χ2v) is 6.61. The fourth-order valence-electron chi connectivity index (χ4n) is 3.14. The molecule has 28 heavy (non-hydrogen) atoms. The molecule has 1 atom stereocenters. The molecule has 0 amide bonds. The molecule has 6 heteroatoms. The molecule has 0 spiro atoms. The van der Waals surface area contributed by atoms with Crippen LogP contribution in [-0.4, -0.2) is 22.6 Å². The zero-order valence-corrected chi connectivity index (χ0v) is 18.9. The molecule has 1 aromatic heterocycles. The molecule has 1 heterocycles. The third-order valence-electron chi connectivity index (χ3n) is 4.64. The van der Waals surface area contributed by atoms with E-state index in [1.807, 2.05) is 18.5 Å². The summed E-state index contributed by atoms with van der Waals surface area (Å²) >= 11 is 0. The van der Waals surface area contributed by atoms with Gasteiger partial charge in [-0.05, 0) is 30.5 Å². The van der Waals surface area contributed by atoms with Crippen LogP contribution in [0.25, 0.3) is 0 Å². The molecule has 0 saturated heterocycles. The smallest absolute Gasteiger partial charge is 0.191 e. The number of halogens is 1. The van der Waals surface area contributed by atoms with E-state index in [4.69, 9.17) is 0 Å². The van der Waals surface area contributed by atoms with Crippen LogP contribution in [0.1, 0.15) is 35.5 Å². The summed E-state index contributed by atoms with van der Waals surface area (Å²) in [6, 6.07) is 19.0. The molecule has 148 valence electrons. The summed E-state index contributed by atoms with van der Waals surface area (Å²) in [7, 11) is 1.79. The molecular formula is C22H28IN5. The van der Waals surface area contributed by atoms with Crippen molar-refractivity contribution in [1.82, 2.24) is 20.2 Å². The molecule has 2 aromatic carbocycles. The molecule has 0 radical (unpaired) electrons. The lowest BCUT2D eigenvalue weighted by Crippen LogP contribution is -2.39. The largest absolute Gasteiger partial charge is 0.350 e.